The number of anilines is 1. The van der Waals surface area contributed by atoms with E-state index >= 15 is 8.78 Å². The van der Waals surface area contributed by atoms with Crippen molar-refractivity contribution in [1.82, 2.24) is 24.4 Å². The van der Waals surface area contributed by atoms with Crippen molar-refractivity contribution in [1.29, 1.82) is 0 Å². The third-order valence-corrected chi connectivity index (χ3v) is 8.23. The maximum absolute atomic E-state index is 16.2. The standard InChI is InChI=1S/C36H42F2N6O3/c1-10-23-12-11-13-26(37)28(23)30-27(38)18-25-32(43-17-16-42(19-22(43)6)35(46)47-36(7,8)9)41-34(45)44(33(25)40-30)31-24(20(2)3)14-15-39-29(31)21(4)5/h10-15,18,20-22H,1,16-17,19H2,2-9H3/t22-/m0/s1. The molecule has 1 amide bonds. The fourth-order valence-electron chi connectivity index (χ4n) is 6.04. The number of amides is 1. The van der Waals surface area contributed by atoms with E-state index in [0.29, 0.717) is 36.6 Å². The maximum Gasteiger partial charge on any atom is 0.410 e. The SMILES string of the molecule is C=Cc1cccc(F)c1-c1nc2c(cc1F)c(N1CCN(C(=O)OC(C)(C)C)C[C@@H]1C)nc(=O)n2-c1c(C(C)C)ccnc1C(C)C. The summed E-state index contributed by atoms with van der Waals surface area (Å²) in [6.45, 7) is 20.0. The van der Waals surface area contributed by atoms with Gasteiger partial charge in [-0.1, -0.05) is 52.5 Å². The van der Waals surface area contributed by atoms with Crippen molar-refractivity contribution in [3.8, 4) is 16.9 Å². The molecule has 248 valence electrons. The van der Waals surface area contributed by atoms with Gasteiger partial charge in [-0.2, -0.15) is 4.98 Å². The Kier molecular flexibility index (Phi) is 9.21. The third kappa shape index (κ3) is 6.48. The van der Waals surface area contributed by atoms with E-state index in [0.717, 1.165) is 5.56 Å². The van der Waals surface area contributed by atoms with Gasteiger partial charge in [-0.15, -0.1) is 0 Å². The average Bonchev–Trinajstić information content (AvgIpc) is 2.99. The maximum atomic E-state index is 16.2. The lowest BCUT2D eigenvalue weighted by atomic mass is 9.97. The first-order valence-electron chi connectivity index (χ1n) is 15.9. The summed E-state index contributed by atoms with van der Waals surface area (Å²) in [5, 5.41) is 0.271. The van der Waals surface area contributed by atoms with E-state index in [1.54, 1.807) is 17.2 Å². The van der Waals surface area contributed by atoms with Gasteiger partial charge in [0.1, 0.15) is 22.9 Å². The van der Waals surface area contributed by atoms with E-state index in [1.807, 2.05) is 66.4 Å². The first-order chi connectivity index (χ1) is 22.1. The minimum atomic E-state index is -0.779. The minimum absolute atomic E-state index is 0.00747. The Morgan fingerprint density at radius 1 is 1.06 bits per heavy atom. The zero-order valence-electron chi connectivity index (χ0n) is 28.3. The number of carbonyl (C=O) groups excluding carboxylic acids is 1. The average molecular weight is 645 g/mol. The van der Waals surface area contributed by atoms with Crippen LogP contribution in [0.1, 0.15) is 84.0 Å². The van der Waals surface area contributed by atoms with Gasteiger partial charge in [-0.3, -0.25) is 4.98 Å². The van der Waals surface area contributed by atoms with E-state index in [4.69, 9.17) is 9.72 Å². The highest BCUT2D eigenvalue weighted by Gasteiger charge is 2.33. The molecule has 0 spiro atoms. The smallest absolute Gasteiger partial charge is 0.410 e. The largest absolute Gasteiger partial charge is 0.444 e. The molecule has 1 aromatic carbocycles. The number of piperazine rings is 1. The summed E-state index contributed by atoms with van der Waals surface area (Å²) in [5.41, 5.74) is 0.903. The second-order valence-corrected chi connectivity index (χ2v) is 13.6. The predicted molar refractivity (Wildman–Crippen MR) is 181 cm³/mol. The lowest BCUT2D eigenvalue weighted by molar-refractivity contribution is 0.0218. The highest BCUT2D eigenvalue weighted by Crippen LogP contribution is 2.36. The summed E-state index contributed by atoms with van der Waals surface area (Å²) in [7, 11) is 0. The fraction of sp³-hybridized carbons (Fsp3) is 0.417. The number of fused-ring (bicyclic) bond motifs is 1. The first-order valence-corrected chi connectivity index (χ1v) is 15.9. The van der Waals surface area contributed by atoms with Gasteiger partial charge in [0.25, 0.3) is 0 Å². The Balaban J connectivity index is 1.79. The van der Waals surface area contributed by atoms with E-state index in [-0.39, 0.29) is 46.0 Å². The number of aromatic nitrogens is 4. The molecule has 0 saturated carbocycles. The quantitative estimate of drug-likeness (QED) is 0.215. The van der Waals surface area contributed by atoms with Crippen LogP contribution in [0.25, 0.3) is 34.1 Å². The van der Waals surface area contributed by atoms with Crippen molar-refractivity contribution in [3.63, 3.8) is 0 Å². The van der Waals surface area contributed by atoms with Crippen molar-refractivity contribution in [2.45, 2.75) is 78.9 Å². The van der Waals surface area contributed by atoms with Crippen LogP contribution in [0.4, 0.5) is 19.4 Å². The number of nitrogens with zero attached hydrogens (tertiary/aromatic N) is 6. The van der Waals surface area contributed by atoms with E-state index in [9.17, 15) is 9.59 Å². The zero-order valence-corrected chi connectivity index (χ0v) is 28.3. The summed E-state index contributed by atoms with van der Waals surface area (Å²) in [5.74, 6) is -1.31. The lowest BCUT2D eigenvalue weighted by Gasteiger charge is -2.41. The van der Waals surface area contributed by atoms with Crippen molar-refractivity contribution in [2.75, 3.05) is 24.5 Å². The van der Waals surface area contributed by atoms with Gasteiger partial charge in [-0.25, -0.2) is 27.9 Å². The molecule has 1 aliphatic heterocycles. The van der Waals surface area contributed by atoms with Gasteiger partial charge in [0.05, 0.1) is 16.8 Å². The molecule has 5 rings (SSSR count). The summed E-state index contributed by atoms with van der Waals surface area (Å²) >= 11 is 0. The molecule has 0 N–H and O–H groups in total. The summed E-state index contributed by atoms with van der Waals surface area (Å²) in [6.07, 6.45) is 2.72. The highest BCUT2D eigenvalue weighted by atomic mass is 19.1. The van der Waals surface area contributed by atoms with Gasteiger partial charge >= 0.3 is 11.8 Å². The van der Waals surface area contributed by atoms with Crippen LogP contribution in [0, 0.1) is 11.6 Å². The van der Waals surface area contributed by atoms with Crippen LogP contribution in [0.5, 0.6) is 0 Å². The van der Waals surface area contributed by atoms with E-state index in [1.165, 1.54) is 28.8 Å². The predicted octanol–water partition coefficient (Wildman–Crippen LogP) is 7.46. The first kappa shape index (κ1) is 33.7. The second-order valence-electron chi connectivity index (χ2n) is 13.6. The number of carbonyl (C=O) groups is 1. The molecule has 9 nitrogen and oxygen atoms in total. The second kappa shape index (κ2) is 12.8. The number of rotatable bonds is 6. The highest BCUT2D eigenvalue weighted by molar-refractivity contribution is 5.91. The van der Waals surface area contributed by atoms with Gasteiger partial charge in [-0.05, 0) is 68.9 Å². The van der Waals surface area contributed by atoms with Gasteiger partial charge in [0.15, 0.2) is 11.5 Å². The van der Waals surface area contributed by atoms with E-state index < -0.39 is 29.0 Å². The molecule has 47 heavy (non-hydrogen) atoms. The fourth-order valence-corrected chi connectivity index (χ4v) is 6.04. The van der Waals surface area contributed by atoms with Crippen LogP contribution in [0.3, 0.4) is 0 Å². The molecule has 4 aromatic rings. The molecule has 4 heterocycles. The monoisotopic (exact) mass is 644 g/mol. The Hall–Kier alpha value is -4.67. The molecule has 0 aliphatic carbocycles. The van der Waals surface area contributed by atoms with Crippen LogP contribution in [0.15, 0.2) is 47.9 Å². The van der Waals surface area contributed by atoms with Gasteiger partial charge in [0, 0.05) is 37.4 Å². The number of benzene rings is 1. The Bertz CT molecular complexity index is 1890. The van der Waals surface area contributed by atoms with Gasteiger partial charge in [0.2, 0.25) is 0 Å². The lowest BCUT2D eigenvalue weighted by Crippen LogP contribution is -2.55. The molecule has 3 aromatic heterocycles. The topological polar surface area (TPSA) is 93.5 Å². The Morgan fingerprint density at radius 2 is 1.79 bits per heavy atom. The Labute approximate surface area is 273 Å². The van der Waals surface area contributed by atoms with Crippen LogP contribution in [-0.2, 0) is 4.74 Å². The summed E-state index contributed by atoms with van der Waals surface area (Å²) in [6, 6.07) is 7.20. The zero-order chi connectivity index (χ0) is 34.4. The number of hydrogen-bond donors (Lipinski definition) is 0. The van der Waals surface area contributed by atoms with Crippen LogP contribution >= 0.6 is 0 Å². The summed E-state index contributed by atoms with van der Waals surface area (Å²) < 4.78 is 38.6. The van der Waals surface area contributed by atoms with Crippen molar-refractivity contribution < 1.29 is 18.3 Å². The van der Waals surface area contributed by atoms with Gasteiger partial charge < -0.3 is 14.5 Å². The normalized spacial score (nSPS) is 15.5. The molecule has 1 atom stereocenters. The van der Waals surface area contributed by atoms with Crippen molar-refractivity contribution >= 4 is 29.0 Å². The number of halogens is 2. The van der Waals surface area contributed by atoms with Crippen molar-refractivity contribution in [3.05, 3.63) is 82.0 Å². The van der Waals surface area contributed by atoms with Crippen LogP contribution in [0.2, 0.25) is 0 Å². The molecule has 11 heteroatoms. The third-order valence-electron chi connectivity index (χ3n) is 8.23. The molecule has 0 unspecified atom stereocenters. The number of ether oxygens (including phenoxy) is 1. The Morgan fingerprint density at radius 3 is 2.40 bits per heavy atom. The molecule has 0 bridgehead atoms. The van der Waals surface area contributed by atoms with Crippen LogP contribution in [-0.4, -0.2) is 61.8 Å². The number of hydrogen-bond acceptors (Lipinski definition) is 7. The molecular formula is C36H42F2N6O3. The molecule has 1 fully saturated rings. The van der Waals surface area contributed by atoms with E-state index in [2.05, 4.69) is 16.5 Å². The minimum Gasteiger partial charge on any atom is -0.444 e. The molecular weight excluding hydrogens is 602 g/mol. The molecule has 0 radical (unpaired) electrons. The number of pyridine rings is 2. The van der Waals surface area contributed by atoms with Crippen molar-refractivity contribution in [2.24, 2.45) is 0 Å². The molecule has 1 saturated heterocycles. The molecule has 1 aliphatic rings. The summed E-state index contributed by atoms with van der Waals surface area (Å²) in [4.78, 5) is 44.6. The van der Waals surface area contributed by atoms with Crippen LogP contribution < -0.4 is 10.6 Å².